The molecule has 1 N–H and O–H groups in total. The largest absolute Gasteiger partial charge is 0.493 e. The number of thiophene rings is 1. The smallest absolute Gasteiger partial charge is 0.282 e. The minimum absolute atomic E-state index is 0.199. The number of ether oxygens (including phenoxy) is 2. The summed E-state index contributed by atoms with van der Waals surface area (Å²) in [6.07, 6.45) is 0. The first-order valence-corrected chi connectivity index (χ1v) is 10.2. The minimum Gasteiger partial charge on any atom is -0.493 e. The first kappa shape index (κ1) is 20.0. The van der Waals surface area contributed by atoms with E-state index in [4.69, 9.17) is 21.1 Å². The van der Waals surface area contributed by atoms with Crippen LogP contribution < -0.4 is 19.7 Å². The number of halogens is 1. The number of imide groups is 1. The fourth-order valence-electron chi connectivity index (χ4n) is 3.18. The third-order valence-corrected chi connectivity index (χ3v) is 5.73. The average molecular weight is 441 g/mol. The second kappa shape index (κ2) is 8.22. The molecule has 2 amide bonds. The molecule has 0 fully saturated rings. The van der Waals surface area contributed by atoms with E-state index in [1.54, 1.807) is 49.6 Å². The van der Waals surface area contributed by atoms with Gasteiger partial charge >= 0.3 is 0 Å². The third kappa shape index (κ3) is 3.53. The predicted octanol–water partition coefficient (Wildman–Crippen LogP) is 4.82. The summed E-state index contributed by atoms with van der Waals surface area (Å²) in [6, 6.07) is 15.4. The molecule has 6 nitrogen and oxygen atoms in total. The van der Waals surface area contributed by atoms with Gasteiger partial charge in [-0.2, -0.15) is 0 Å². The van der Waals surface area contributed by atoms with E-state index in [0.29, 0.717) is 38.3 Å². The van der Waals surface area contributed by atoms with Crippen molar-refractivity contribution in [3.63, 3.8) is 0 Å². The molecule has 0 aliphatic carbocycles. The SMILES string of the molecule is COc1ccc(NC2=C(c3cccs3)C(=O)N(c3ccc(Cl)cc3)C2=O)cc1OC. The standard InChI is InChI=1S/C22H17ClN2O4S/c1-28-16-10-7-14(12-17(16)29-2)24-20-19(18-4-3-11-30-18)21(26)25(22(20)27)15-8-5-13(23)6-9-15/h3-12,24H,1-2H3. The third-order valence-electron chi connectivity index (χ3n) is 4.59. The molecule has 0 bridgehead atoms. The lowest BCUT2D eigenvalue weighted by Crippen LogP contribution is -2.32. The molecule has 0 atom stereocenters. The molecule has 8 heteroatoms. The Morgan fingerprint density at radius 2 is 1.67 bits per heavy atom. The Bertz CT molecular complexity index is 1140. The van der Waals surface area contributed by atoms with Gasteiger partial charge in [0, 0.05) is 21.7 Å². The van der Waals surface area contributed by atoms with Gasteiger partial charge in [0.15, 0.2) is 11.5 Å². The maximum absolute atomic E-state index is 13.3. The van der Waals surface area contributed by atoms with E-state index >= 15 is 0 Å². The van der Waals surface area contributed by atoms with Crippen LogP contribution in [0.2, 0.25) is 5.02 Å². The van der Waals surface area contributed by atoms with Gasteiger partial charge in [0.2, 0.25) is 0 Å². The second-order valence-corrected chi connectivity index (χ2v) is 7.73. The summed E-state index contributed by atoms with van der Waals surface area (Å²) >= 11 is 7.35. The number of benzene rings is 2. The maximum Gasteiger partial charge on any atom is 0.282 e. The zero-order chi connectivity index (χ0) is 21.3. The quantitative estimate of drug-likeness (QED) is 0.557. The average Bonchev–Trinajstić information content (AvgIpc) is 3.36. The molecule has 3 aromatic rings. The molecule has 0 radical (unpaired) electrons. The molecule has 0 unspecified atom stereocenters. The molecule has 4 rings (SSSR count). The predicted molar refractivity (Wildman–Crippen MR) is 118 cm³/mol. The van der Waals surface area contributed by atoms with E-state index < -0.39 is 11.8 Å². The van der Waals surface area contributed by atoms with E-state index in [2.05, 4.69) is 5.32 Å². The highest BCUT2D eigenvalue weighted by atomic mass is 35.5. The Hall–Kier alpha value is -3.29. The van der Waals surface area contributed by atoms with Crippen LogP contribution in [0, 0.1) is 0 Å². The molecule has 1 aromatic heterocycles. The van der Waals surface area contributed by atoms with Crippen LogP contribution in [-0.2, 0) is 9.59 Å². The lowest BCUT2D eigenvalue weighted by molar-refractivity contribution is -0.120. The van der Waals surface area contributed by atoms with Gasteiger partial charge in [-0.25, -0.2) is 4.90 Å². The van der Waals surface area contributed by atoms with E-state index in [1.807, 2.05) is 17.5 Å². The van der Waals surface area contributed by atoms with Gasteiger partial charge in [0.25, 0.3) is 11.8 Å². The summed E-state index contributed by atoms with van der Waals surface area (Å²) in [4.78, 5) is 28.4. The topological polar surface area (TPSA) is 67.9 Å². The zero-order valence-corrected chi connectivity index (χ0v) is 17.7. The number of hydrogen-bond donors (Lipinski definition) is 1. The zero-order valence-electron chi connectivity index (χ0n) is 16.1. The van der Waals surface area contributed by atoms with Crippen molar-refractivity contribution in [1.82, 2.24) is 0 Å². The number of rotatable bonds is 6. The van der Waals surface area contributed by atoms with E-state index in [-0.39, 0.29) is 5.70 Å². The van der Waals surface area contributed by atoms with Crippen molar-refractivity contribution in [1.29, 1.82) is 0 Å². The molecule has 2 heterocycles. The number of nitrogens with zero attached hydrogens (tertiary/aromatic N) is 1. The summed E-state index contributed by atoms with van der Waals surface area (Å²) in [5, 5.41) is 5.49. The van der Waals surface area contributed by atoms with Crippen LogP contribution in [0.5, 0.6) is 11.5 Å². The molecule has 2 aromatic carbocycles. The first-order chi connectivity index (χ1) is 14.5. The van der Waals surface area contributed by atoms with Crippen LogP contribution >= 0.6 is 22.9 Å². The van der Waals surface area contributed by atoms with Gasteiger partial charge in [-0.1, -0.05) is 17.7 Å². The molecular formula is C22H17ClN2O4S. The van der Waals surface area contributed by atoms with Crippen molar-refractivity contribution >= 4 is 51.7 Å². The molecule has 1 aliphatic rings. The van der Waals surface area contributed by atoms with Crippen molar-refractivity contribution in [3.05, 3.63) is 75.6 Å². The Morgan fingerprint density at radius 3 is 2.30 bits per heavy atom. The summed E-state index contributed by atoms with van der Waals surface area (Å²) < 4.78 is 10.6. The van der Waals surface area contributed by atoms with Crippen LogP contribution in [0.4, 0.5) is 11.4 Å². The van der Waals surface area contributed by atoms with E-state index in [1.165, 1.54) is 18.4 Å². The molecule has 1 aliphatic heterocycles. The lowest BCUT2D eigenvalue weighted by Gasteiger charge is -2.15. The summed E-state index contributed by atoms with van der Waals surface area (Å²) in [7, 11) is 3.08. The summed E-state index contributed by atoms with van der Waals surface area (Å²) in [5.74, 6) is 0.229. The highest BCUT2D eigenvalue weighted by Gasteiger charge is 2.40. The van der Waals surface area contributed by atoms with Crippen molar-refractivity contribution in [2.45, 2.75) is 0 Å². The Labute approximate surface area is 182 Å². The Kier molecular flexibility index (Phi) is 5.48. The number of carbonyl (C=O) groups excluding carboxylic acids is 2. The second-order valence-electron chi connectivity index (χ2n) is 6.34. The molecule has 0 saturated carbocycles. The van der Waals surface area contributed by atoms with Gasteiger partial charge in [0.05, 0.1) is 25.5 Å². The molecule has 152 valence electrons. The van der Waals surface area contributed by atoms with Crippen LogP contribution in [0.3, 0.4) is 0 Å². The van der Waals surface area contributed by atoms with Crippen LogP contribution in [0.15, 0.2) is 65.7 Å². The normalized spacial score (nSPS) is 13.8. The number of nitrogens with one attached hydrogen (secondary N) is 1. The number of anilines is 2. The number of carbonyl (C=O) groups is 2. The van der Waals surface area contributed by atoms with Crippen molar-refractivity contribution in [2.24, 2.45) is 0 Å². The minimum atomic E-state index is -0.444. The number of methoxy groups -OCH3 is 2. The molecule has 30 heavy (non-hydrogen) atoms. The van der Waals surface area contributed by atoms with Gasteiger partial charge in [-0.15, -0.1) is 11.3 Å². The molecular weight excluding hydrogens is 424 g/mol. The highest BCUT2D eigenvalue weighted by Crippen LogP contribution is 2.37. The van der Waals surface area contributed by atoms with Gasteiger partial charge in [-0.3, -0.25) is 9.59 Å². The number of amides is 2. The fourth-order valence-corrected chi connectivity index (χ4v) is 4.07. The van der Waals surface area contributed by atoms with Crippen LogP contribution in [0.1, 0.15) is 4.88 Å². The van der Waals surface area contributed by atoms with Gasteiger partial charge in [0.1, 0.15) is 5.70 Å². The summed E-state index contributed by atoms with van der Waals surface area (Å²) in [6.45, 7) is 0. The monoisotopic (exact) mass is 440 g/mol. The fraction of sp³-hybridized carbons (Fsp3) is 0.0909. The van der Waals surface area contributed by atoms with Gasteiger partial charge < -0.3 is 14.8 Å². The van der Waals surface area contributed by atoms with Crippen molar-refractivity contribution in [2.75, 3.05) is 24.4 Å². The lowest BCUT2D eigenvalue weighted by atomic mass is 10.1. The van der Waals surface area contributed by atoms with E-state index in [9.17, 15) is 9.59 Å². The molecule has 0 saturated heterocycles. The van der Waals surface area contributed by atoms with Crippen LogP contribution in [-0.4, -0.2) is 26.0 Å². The highest BCUT2D eigenvalue weighted by molar-refractivity contribution is 7.11. The maximum atomic E-state index is 13.3. The van der Waals surface area contributed by atoms with E-state index in [0.717, 1.165) is 4.90 Å². The molecule has 0 spiro atoms. The summed E-state index contributed by atoms with van der Waals surface area (Å²) in [5.41, 5.74) is 1.56. The Balaban J connectivity index is 1.77. The number of hydrogen-bond acceptors (Lipinski definition) is 6. The van der Waals surface area contributed by atoms with Crippen molar-refractivity contribution in [3.8, 4) is 11.5 Å². The van der Waals surface area contributed by atoms with Crippen LogP contribution in [0.25, 0.3) is 5.57 Å². The van der Waals surface area contributed by atoms with Gasteiger partial charge in [-0.05, 0) is 47.8 Å². The first-order valence-electron chi connectivity index (χ1n) is 8.95. The van der Waals surface area contributed by atoms with Crippen molar-refractivity contribution < 1.29 is 19.1 Å². The Morgan fingerprint density at radius 1 is 0.933 bits per heavy atom.